The number of hydrogen-bond acceptors (Lipinski definition) is 4. The van der Waals surface area contributed by atoms with Crippen LogP contribution in [0, 0.1) is 25.2 Å². The molecule has 4 nitrogen and oxygen atoms in total. The minimum absolute atomic E-state index is 0.0999. The number of benzene rings is 1. The molecular formula is C15H19NO3. The second-order valence-electron chi connectivity index (χ2n) is 4.41. The van der Waals surface area contributed by atoms with Crippen LogP contribution in [0.1, 0.15) is 36.5 Å². The summed E-state index contributed by atoms with van der Waals surface area (Å²) in [5, 5.41) is 8.85. The lowest BCUT2D eigenvalue weighted by molar-refractivity contribution is -0.146. The molecule has 0 bridgehead atoms. The quantitative estimate of drug-likeness (QED) is 0.583. The highest BCUT2D eigenvalue weighted by molar-refractivity contribution is 5.71. The molecule has 0 radical (unpaired) electrons. The first kappa shape index (κ1) is 15.0. The van der Waals surface area contributed by atoms with Crippen LogP contribution in [0.2, 0.25) is 0 Å². The Balaban J connectivity index is 2.59. The van der Waals surface area contributed by atoms with Gasteiger partial charge in [-0.15, -0.1) is 0 Å². The summed E-state index contributed by atoms with van der Waals surface area (Å²) in [5.41, 5.74) is 2.28. The zero-order valence-electron chi connectivity index (χ0n) is 11.7. The second-order valence-corrected chi connectivity index (χ2v) is 4.41. The van der Waals surface area contributed by atoms with Crippen molar-refractivity contribution in [2.75, 3.05) is 13.2 Å². The number of nitriles is 1. The van der Waals surface area contributed by atoms with Gasteiger partial charge in [0.05, 0.1) is 18.2 Å². The molecule has 0 saturated heterocycles. The van der Waals surface area contributed by atoms with Gasteiger partial charge in [-0.1, -0.05) is 13.3 Å². The van der Waals surface area contributed by atoms with Crippen molar-refractivity contribution in [3.8, 4) is 11.8 Å². The van der Waals surface area contributed by atoms with E-state index in [0.717, 1.165) is 24.0 Å². The van der Waals surface area contributed by atoms with Gasteiger partial charge in [-0.3, -0.25) is 0 Å². The fourth-order valence-electron chi connectivity index (χ4n) is 1.75. The Labute approximate surface area is 113 Å². The van der Waals surface area contributed by atoms with Crippen LogP contribution in [-0.4, -0.2) is 19.2 Å². The average molecular weight is 261 g/mol. The fraction of sp³-hybridized carbons (Fsp3) is 0.467. The summed E-state index contributed by atoms with van der Waals surface area (Å²) < 4.78 is 10.5. The summed E-state index contributed by atoms with van der Waals surface area (Å²) in [6.45, 7) is 6.08. The van der Waals surface area contributed by atoms with Gasteiger partial charge in [0.15, 0.2) is 6.61 Å². The Morgan fingerprint density at radius 2 is 1.95 bits per heavy atom. The molecule has 4 heteroatoms. The van der Waals surface area contributed by atoms with Gasteiger partial charge >= 0.3 is 5.97 Å². The first-order valence-electron chi connectivity index (χ1n) is 6.38. The Hall–Kier alpha value is -2.02. The first-order valence-corrected chi connectivity index (χ1v) is 6.38. The van der Waals surface area contributed by atoms with Crippen molar-refractivity contribution >= 4 is 5.97 Å². The van der Waals surface area contributed by atoms with Gasteiger partial charge in [0, 0.05) is 0 Å². The third-order valence-electron chi connectivity index (χ3n) is 2.68. The Bertz CT molecular complexity index is 466. The number of hydrogen-bond donors (Lipinski definition) is 0. The highest BCUT2D eigenvalue weighted by Crippen LogP contribution is 2.24. The molecule has 0 aromatic heterocycles. The zero-order valence-corrected chi connectivity index (χ0v) is 11.7. The van der Waals surface area contributed by atoms with E-state index in [1.807, 2.05) is 20.8 Å². The minimum atomic E-state index is -0.364. The summed E-state index contributed by atoms with van der Waals surface area (Å²) in [6.07, 6.45) is 1.85. The van der Waals surface area contributed by atoms with Gasteiger partial charge in [-0.2, -0.15) is 5.26 Å². The molecule has 0 amide bonds. The molecule has 0 aliphatic rings. The summed E-state index contributed by atoms with van der Waals surface area (Å²) in [4.78, 5) is 11.4. The van der Waals surface area contributed by atoms with Gasteiger partial charge in [-0.25, -0.2) is 4.79 Å². The molecule has 1 aromatic carbocycles. The molecule has 0 aliphatic carbocycles. The number of rotatable bonds is 6. The Morgan fingerprint density at radius 1 is 1.32 bits per heavy atom. The fourth-order valence-corrected chi connectivity index (χ4v) is 1.75. The van der Waals surface area contributed by atoms with E-state index < -0.39 is 0 Å². The molecule has 1 aromatic rings. The van der Waals surface area contributed by atoms with Crippen LogP contribution < -0.4 is 4.74 Å². The lowest BCUT2D eigenvalue weighted by Gasteiger charge is -2.12. The molecule has 0 N–H and O–H groups in total. The maximum atomic E-state index is 11.4. The van der Waals surface area contributed by atoms with Crippen LogP contribution in [0.3, 0.4) is 0 Å². The molecule has 1 rings (SSSR count). The number of ether oxygens (including phenoxy) is 2. The topological polar surface area (TPSA) is 59.3 Å². The lowest BCUT2D eigenvalue weighted by atomic mass is 10.1. The van der Waals surface area contributed by atoms with Crippen LogP contribution in [0.25, 0.3) is 0 Å². The monoisotopic (exact) mass is 261 g/mol. The number of esters is 1. The molecule has 19 heavy (non-hydrogen) atoms. The van der Waals surface area contributed by atoms with E-state index in [0.29, 0.717) is 17.9 Å². The number of aryl methyl sites for hydroxylation is 2. The van der Waals surface area contributed by atoms with E-state index in [4.69, 9.17) is 14.7 Å². The van der Waals surface area contributed by atoms with Crippen LogP contribution in [0.15, 0.2) is 12.1 Å². The normalized spacial score (nSPS) is 9.79. The van der Waals surface area contributed by atoms with Gasteiger partial charge < -0.3 is 9.47 Å². The summed E-state index contributed by atoms with van der Waals surface area (Å²) in [7, 11) is 0. The maximum absolute atomic E-state index is 11.4. The number of carbonyl (C=O) groups is 1. The third kappa shape index (κ3) is 4.63. The van der Waals surface area contributed by atoms with Gasteiger partial charge in [0.25, 0.3) is 0 Å². The standard InChI is InChI=1S/C15H19NO3/c1-4-5-6-18-14(17)10-19-15-11(2)7-13(9-16)8-12(15)3/h7-8H,4-6,10H2,1-3H3. The van der Waals surface area contributed by atoms with E-state index in [2.05, 4.69) is 6.07 Å². The van der Waals surface area contributed by atoms with Crippen molar-refractivity contribution in [2.45, 2.75) is 33.6 Å². The average Bonchev–Trinajstić information content (AvgIpc) is 2.37. The van der Waals surface area contributed by atoms with Crippen LogP contribution in [-0.2, 0) is 9.53 Å². The largest absolute Gasteiger partial charge is 0.481 e. The maximum Gasteiger partial charge on any atom is 0.344 e. The van der Waals surface area contributed by atoms with E-state index in [1.54, 1.807) is 12.1 Å². The second kappa shape index (κ2) is 7.42. The molecule has 0 unspecified atom stereocenters. The highest BCUT2D eigenvalue weighted by atomic mass is 16.6. The Kier molecular flexibility index (Phi) is 5.87. The molecule has 0 heterocycles. The predicted octanol–water partition coefficient (Wildman–Crippen LogP) is 2.90. The number of carbonyl (C=O) groups excluding carboxylic acids is 1. The van der Waals surface area contributed by atoms with Gasteiger partial charge in [0.1, 0.15) is 5.75 Å². The highest BCUT2D eigenvalue weighted by Gasteiger charge is 2.09. The lowest BCUT2D eigenvalue weighted by Crippen LogP contribution is -2.16. The first-order chi connectivity index (χ1) is 9.08. The third-order valence-corrected chi connectivity index (χ3v) is 2.68. The van der Waals surface area contributed by atoms with Crippen LogP contribution in [0.4, 0.5) is 0 Å². The van der Waals surface area contributed by atoms with Crippen molar-refractivity contribution in [3.05, 3.63) is 28.8 Å². The van der Waals surface area contributed by atoms with Crippen molar-refractivity contribution in [2.24, 2.45) is 0 Å². The molecule has 0 saturated carbocycles. The SMILES string of the molecule is CCCCOC(=O)COc1c(C)cc(C#N)cc1C. The summed E-state index contributed by atoms with van der Waals surface area (Å²) in [6, 6.07) is 5.57. The van der Waals surface area contributed by atoms with Crippen molar-refractivity contribution in [1.29, 1.82) is 5.26 Å². The van der Waals surface area contributed by atoms with Gasteiger partial charge in [0.2, 0.25) is 0 Å². The summed E-state index contributed by atoms with van der Waals surface area (Å²) in [5.74, 6) is 0.281. The van der Waals surface area contributed by atoms with E-state index in [1.165, 1.54) is 0 Å². The van der Waals surface area contributed by atoms with Crippen LogP contribution >= 0.6 is 0 Å². The molecule has 0 aliphatic heterocycles. The molecular weight excluding hydrogens is 242 g/mol. The van der Waals surface area contributed by atoms with Crippen molar-refractivity contribution in [3.63, 3.8) is 0 Å². The molecule has 0 atom stereocenters. The smallest absolute Gasteiger partial charge is 0.344 e. The molecule has 0 fully saturated rings. The van der Waals surface area contributed by atoms with Gasteiger partial charge in [-0.05, 0) is 43.5 Å². The molecule has 0 spiro atoms. The van der Waals surface area contributed by atoms with Crippen LogP contribution in [0.5, 0.6) is 5.75 Å². The van der Waals surface area contributed by atoms with E-state index in [-0.39, 0.29) is 12.6 Å². The minimum Gasteiger partial charge on any atom is -0.481 e. The molecule has 102 valence electrons. The number of unbranched alkanes of at least 4 members (excludes halogenated alkanes) is 1. The van der Waals surface area contributed by atoms with Crippen molar-refractivity contribution < 1.29 is 14.3 Å². The summed E-state index contributed by atoms with van der Waals surface area (Å²) >= 11 is 0. The Morgan fingerprint density at radius 3 is 2.47 bits per heavy atom. The van der Waals surface area contributed by atoms with E-state index in [9.17, 15) is 4.79 Å². The zero-order chi connectivity index (χ0) is 14.3. The predicted molar refractivity (Wildman–Crippen MR) is 72.0 cm³/mol. The van der Waals surface area contributed by atoms with Crippen molar-refractivity contribution in [1.82, 2.24) is 0 Å². The van der Waals surface area contributed by atoms with E-state index >= 15 is 0 Å². The number of nitrogens with zero attached hydrogens (tertiary/aromatic N) is 1.